The van der Waals surface area contributed by atoms with Crippen LogP contribution in [0.2, 0.25) is 10.0 Å². The number of esters is 2. The molecule has 0 aliphatic carbocycles. The normalized spacial score (nSPS) is 15.5. The Morgan fingerprint density at radius 3 is 2.58 bits per heavy atom. The molecule has 0 saturated heterocycles. The molecule has 0 saturated carbocycles. The first-order valence-corrected chi connectivity index (χ1v) is 11.5. The van der Waals surface area contributed by atoms with Gasteiger partial charge in [-0.25, -0.2) is 9.59 Å². The lowest BCUT2D eigenvalue weighted by Crippen LogP contribution is -2.34. The number of dihydropyridines is 1. The Balaban J connectivity index is 2.01. The molecule has 12 nitrogen and oxygen atoms in total. The van der Waals surface area contributed by atoms with Gasteiger partial charge in [0.15, 0.2) is 5.82 Å². The molecule has 2 aromatic rings. The number of ether oxygens (including phenoxy) is 3. The summed E-state index contributed by atoms with van der Waals surface area (Å²) in [7, 11) is 1.24. The minimum atomic E-state index is -0.947. The van der Waals surface area contributed by atoms with Crippen molar-refractivity contribution < 1.29 is 28.6 Å². The molecule has 1 amide bonds. The highest BCUT2D eigenvalue weighted by atomic mass is 35.5. The molecule has 1 unspecified atom stereocenters. The van der Waals surface area contributed by atoms with Crippen molar-refractivity contribution in [2.24, 2.45) is 5.73 Å². The number of primary amides is 1. The topological polar surface area (TPSA) is 161 Å². The monoisotopic (exact) mass is 538 g/mol. The molecule has 1 aromatic heterocycles. The number of methoxy groups -OCH3 is 1. The Kier molecular flexibility index (Phi) is 9.02. The second-order valence-electron chi connectivity index (χ2n) is 7.54. The number of carbonyl (C=O) groups is 3. The summed E-state index contributed by atoms with van der Waals surface area (Å²) in [6.07, 6.45) is 0. The Morgan fingerprint density at radius 1 is 1.17 bits per heavy atom. The fourth-order valence-corrected chi connectivity index (χ4v) is 4.10. The molecule has 2 heterocycles. The van der Waals surface area contributed by atoms with Gasteiger partial charge < -0.3 is 25.3 Å². The van der Waals surface area contributed by atoms with E-state index >= 15 is 0 Å². The number of halogens is 2. The lowest BCUT2D eigenvalue weighted by Gasteiger charge is -2.31. The molecule has 3 N–H and O–H groups in total. The van der Waals surface area contributed by atoms with Gasteiger partial charge in [-0.15, -0.1) is 10.2 Å². The van der Waals surface area contributed by atoms with Crippen molar-refractivity contribution in [1.29, 1.82) is 0 Å². The first-order chi connectivity index (χ1) is 17.2. The number of hydrogen-bond donors (Lipinski definition) is 2. The number of carbonyl (C=O) groups excluding carboxylic acids is 3. The maximum atomic E-state index is 13.2. The molecule has 192 valence electrons. The van der Waals surface area contributed by atoms with Crippen LogP contribution in [0.3, 0.4) is 0 Å². The average molecular weight is 539 g/mol. The third kappa shape index (κ3) is 6.01. The van der Waals surface area contributed by atoms with E-state index in [-0.39, 0.29) is 53.4 Å². The molecule has 1 atom stereocenters. The van der Waals surface area contributed by atoms with E-state index in [1.165, 1.54) is 7.11 Å². The highest BCUT2D eigenvalue weighted by Crippen LogP contribution is 2.43. The minimum Gasteiger partial charge on any atom is -0.466 e. The summed E-state index contributed by atoms with van der Waals surface area (Å²) in [5.41, 5.74) is 6.59. The fraction of sp³-hybridized carbons (Fsp3) is 0.364. The van der Waals surface area contributed by atoms with Gasteiger partial charge in [0.1, 0.15) is 13.2 Å². The third-order valence-corrected chi connectivity index (χ3v) is 5.94. The maximum absolute atomic E-state index is 13.2. The van der Waals surface area contributed by atoms with Crippen LogP contribution in [0.5, 0.6) is 0 Å². The molecule has 0 spiro atoms. The zero-order valence-electron chi connectivity index (χ0n) is 19.7. The number of nitrogens with two attached hydrogens (primary N) is 1. The van der Waals surface area contributed by atoms with Gasteiger partial charge >= 0.3 is 11.9 Å². The van der Waals surface area contributed by atoms with Crippen LogP contribution >= 0.6 is 23.2 Å². The highest BCUT2D eigenvalue weighted by molar-refractivity contribution is 6.42. The number of benzene rings is 1. The summed E-state index contributed by atoms with van der Waals surface area (Å²) in [5, 5.41) is 15.0. The van der Waals surface area contributed by atoms with Gasteiger partial charge in [0.2, 0.25) is 5.91 Å². The van der Waals surface area contributed by atoms with Gasteiger partial charge in [0.25, 0.3) is 0 Å². The van der Waals surface area contributed by atoms with Crippen LogP contribution in [-0.4, -0.2) is 58.4 Å². The number of tetrazole rings is 1. The van der Waals surface area contributed by atoms with E-state index in [2.05, 4.69) is 20.7 Å². The Bertz CT molecular complexity index is 1240. The van der Waals surface area contributed by atoms with Gasteiger partial charge in [-0.3, -0.25) is 4.79 Å². The van der Waals surface area contributed by atoms with E-state index in [0.717, 1.165) is 4.80 Å². The molecule has 14 heteroatoms. The van der Waals surface area contributed by atoms with E-state index in [0.29, 0.717) is 17.0 Å². The van der Waals surface area contributed by atoms with Crippen molar-refractivity contribution in [2.75, 3.05) is 20.3 Å². The number of amides is 1. The van der Waals surface area contributed by atoms with Crippen LogP contribution < -0.4 is 11.1 Å². The van der Waals surface area contributed by atoms with E-state index < -0.39 is 23.8 Å². The summed E-state index contributed by atoms with van der Waals surface area (Å²) >= 11 is 12.8. The standard InChI is InChI=1S/C22H24Cl2N6O6/c1-4-36-22(33)19-14(9-35-10-16-27-29-30(28-16)8-15(25)31)26-11(2)17(21(32)34-3)18(19)12-6-5-7-13(23)20(12)24/h5-7,18,26H,4,8-10H2,1-3H3,(H2,25,31). The predicted molar refractivity (Wildman–Crippen MR) is 127 cm³/mol. The van der Waals surface area contributed by atoms with E-state index in [1.807, 2.05) is 0 Å². The number of allylic oxidation sites excluding steroid dienone is 1. The Morgan fingerprint density at radius 2 is 1.92 bits per heavy atom. The lowest BCUT2D eigenvalue weighted by molar-refractivity contribution is -0.139. The second-order valence-corrected chi connectivity index (χ2v) is 8.32. The van der Waals surface area contributed by atoms with Gasteiger partial charge in [-0.1, -0.05) is 35.3 Å². The van der Waals surface area contributed by atoms with Crippen molar-refractivity contribution in [3.63, 3.8) is 0 Å². The van der Waals surface area contributed by atoms with Crippen LogP contribution in [0.4, 0.5) is 0 Å². The van der Waals surface area contributed by atoms with E-state index in [4.69, 9.17) is 43.1 Å². The van der Waals surface area contributed by atoms with Crippen LogP contribution in [0.15, 0.2) is 40.7 Å². The summed E-state index contributed by atoms with van der Waals surface area (Å²) in [6.45, 7) is 2.99. The van der Waals surface area contributed by atoms with Gasteiger partial charge in [-0.2, -0.15) is 4.80 Å². The molecule has 0 bridgehead atoms. The van der Waals surface area contributed by atoms with Crippen molar-refractivity contribution in [3.05, 3.63) is 62.2 Å². The Labute approximate surface area is 216 Å². The predicted octanol–water partition coefficient (Wildman–Crippen LogP) is 1.63. The van der Waals surface area contributed by atoms with Crippen LogP contribution in [0.1, 0.15) is 31.2 Å². The van der Waals surface area contributed by atoms with Crippen LogP contribution in [0, 0.1) is 0 Å². The highest BCUT2D eigenvalue weighted by Gasteiger charge is 2.40. The molecule has 1 aromatic carbocycles. The molecule has 3 rings (SSSR count). The van der Waals surface area contributed by atoms with E-state index in [1.54, 1.807) is 32.0 Å². The number of nitrogens with zero attached hydrogens (tertiary/aromatic N) is 4. The summed E-state index contributed by atoms with van der Waals surface area (Å²) < 4.78 is 16.0. The number of nitrogens with one attached hydrogen (secondary N) is 1. The zero-order chi connectivity index (χ0) is 26.4. The Hall–Kier alpha value is -3.48. The SMILES string of the molecule is CCOC(=O)C1=C(COCc2nnn(CC(N)=O)n2)NC(C)=C(C(=O)OC)C1c1cccc(Cl)c1Cl. The molecule has 1 aliphatic rings. The second kappa shape index (κ2) is 12.0. The van der Waals surface area contributed by atoms with Crippen molar-refractivity contribution in [1.82, 2.24) is 25.5 Å². The van der Waals surface area contributed by atoms with Gasteiger partial charge in [-0.05, 0) is 30.7 Å². The van der Waals surface area contributed by atoms with Crippen molar-refractivity contribution >= 4 is 41.0 Å². The molecule has 36 heavy (non-hydrogen) atoms. The summed E-state index contributed by atoms with van der Waals surface area (Å²) in [6, 6.07) is 4.92. The quantitative estimate of drug-likeness (QED) is 0.425. The largest absolute Gasteiger partial charge is 0.466 e. The maximum Gasteiger partial charge on any atom is 0.336 e. The molecule has 1 aliphatic heterocycles. The number of rotatable bonds is 10. The van der Waals surface area contributed by atoms with E-state index in [9.17, 15) is 14.4 Å². The first-order valence-electron chi connectivity index (χ1n) is 10.7. The van der Waals surface area contributed by atoms with Crippen molar-refractivity contribution in [3.8, 4) is 0 Å². The summed E-state index contributed by atoms with van der Waals surface area (Å²) in [5.74, 6) is -2.70. The molecule has 0 radical (unpaired) electrons. The number of aromatic nitrogens is 4. The lowest BCUT2D eigenvalue weighted by atomic mass is 9.80. The minimum absolute atomic E-state index is 0.0880. The fourth-order valence-electron chi connectivity index (χ4n) is 3.68. The van der Waals surface area contributed by atoms with Crippen LogP contribution in [-0.2, 0) is 41.7 Å². The van der Waals surface area contributed by atoms with Crippen LogP contribution in [0.25, 0.3) is 0 Å². The third-order valence-electron chi connectivity index (χ3n) is 5.11. The molecular formula is C22H24Cl2N6O6. The van der Waals surface area contributed by atoms with Crippen molar-refractivity contribution in [2.45, 2.75) is 32.9 Å². The average Bonchev–Trinajstić information content (AvgIpc) is 3.26. The number of hydrogen-bond acceptors (Lipinski definition) is 10. The van der Waals surface area contributed by atoms with Gasteiger partial charge in [0.05, 0.1) is 53.1 Å². The summed E-state index contributed by atoms with van der Waals surface area (Å²) in [4.78, 5) is 38.0. The zero-order valence-corrected chi connectivity index (χ0v) is 21.2. The van der Waals surface area contributed by atoms with Gasteiger partial charge in [0, 0.05) is 5.70 Å². The molecular weight excluding hydrogens is 515 g/mol. The smallest absolute Gasteiger partial charge is 0.336 e. The molecule has 0 fully saturated rings. The first kappa shape index (κ1) is 27.1.